The second-order valence-corrected chi connectivity index (χ2v) is 4.82. The second kappa shape index (κ2) is 5.56. The number of aromatic nitrogens is 1. The molecule has 14 heavy (non-hydrogen) atoms. The molecule has 2 nitrogen and oxygen atoms in total. The highest BCUT2D eigenvalue weighted by Crippen LogP contribution is 2.22. The molecule has 0 spiro atoms. The Morgan fingerprint density at radius 2 is 2.29 bits per heavy atom. The van der Waals surface area contributed by atoms with Crippen molar-refractivity contribution in [1.82, 2.24) is 4.98 Å². The molecule has 1 aromatic heterocycles. The average molecular weight is 233 g/mol. The zero-order chi connectivity index (χ0) is 10.6. The first kappa shape index (κ1) is 11.8. The fourth-order valence-electron chi connectivity index (χ4n) is 1.28. The molecule has 1 rings (SSSR count). The Morgan fingerprint density at radius 3 is 2.71 bits per heavy atom. The van der Waals surface area contributed by atoms with Crippen LogP contribution in [0.25, 0.3) is 0 Å². The van der Waals surface area contributed by atoms with Crippen molar-refractivity contribution in [3.63, 3.8) is 0 Å². The summed E-state index contributed by atoms with van der Waals surface area (Å²) in [6, 6.07) is 0.490. The lowest BCUT2D eigenvalue weighted by molar-refractivity contribution is 0.670. The number of alkyl halides is 1. The van der Waals surface area contributed by atoms with Gasteiger partial charge in [0, 0.05) is 23.8 Å². The van der Waals surface area contributed by atoms with E-state index >= 15 is 0 Å². The van der Waals surface area contributed by atoms with E-state index in [0.717, 1.165) is 23.8 Å². The van der Waals surface area contributed by atoms with Crippen LogP contribution in [-0.2, 0) is 0 Å². The maximum absolute atomic E-state index is 5.70. The molecule has 0 fully saturated rings. The molecular formula is C10H17ClN2S. The third-order valence-electron chi connectivity index (χ3n) is 2.01. The summed E-state index contributed by atoms with van der Waals surface area (Å²) in [5.74, 6) is 0.716. The Kier molecular flexibility index (Phi) is 4.69. The lowest BCUT2D eigenvalue weighted by atomic mass is 10.3. The third-order valence-corrected chi connectivity index (χ3v) is 3.27. The Morgan fingerprint density at radius 1 is 1.57 bits per heavy atom. The fourth-order valence-corrected chi connectivity index (χ4v) is 2.36. The van der Waals surface area contributed by atoms with Gasteiger partial charge < -0.3 is 4.90 Å². The zero-order valence-corrected chi connectivity index (χ0v) is 10.5. The summed E-state index contributed by atoms with van der Waals surface area (Å²) in [5.41, 5.74) is 1.10. The molecule has 0 amide bonds. The van der Waals surface area contributed by atoms with E-state index in [9.17, 15) is 0 Å². The van der Waals surface area contributed by atoms with Gasteiger partial charge in [0.05, 0.1) is 5.69 Å². The molecule has 0 aliphatic rings. The molecule has 0 bridgehead atoms. The third kappa shape index (κ3) is 3.14. The molecule has 0 saturated heterocycles. The van der Waals surface area contributed by atoms with Crippen LogP contribution in [-0.4, -0.2) is 23.5 Å². The number of anilines is 1. The van der Waals surface area contributed by atoms with Crippen LogP contribution in [0.2, 0.25) is 0 Å². The van der Waals surface area contributed by atoms with E-state index in [1.54, 1.807) is 11.3 Å². The summed E-state index contributed by atoms with van der Waals surface area (Å²) in [6.07, 6.45) is 1.01. The summed E-state index contributed by atoms with van der Waals surface area (Å²) in [4.78, 5) is 6.79. The van der Waals surface area contributed by atoms with Gasteiger partial charge in [0.2, 0.25) is 0 Å². The van der Waals surface area contributed by atoms with E-state index in [2.05, 4.69) is 29.1 Å². The predicted octanol–water partition coefficient (Wildman–Crippen LogP) is 3.30. The topological polar surface area (TPSA) is 16.1 Å². The molecule has 0 saturated carbocycles. The van der Waals surface area contributed by atoms with E-state index in [1.165, 1.54) is 0 Å². The van der Waals surface area contributed by atoms with Gasteiger partial charge in [-0.05, 0) is 27.2 Å². The van der Waals surface area contributed by atoms with Gasteiger partial charge in [0.15, 0.2) is 5.13 Å². The van der Waals surface area contributed by atoms with Crippen molar-refractivity contribution < 1.29 is 0 Å². The molecule has 1 heterocycles. The molecule has 0 unspecified atom stereocenters. The quantitative estimate of drug-likeness (QED) is 0.725. The van der Waals surface area contributed by atoms with Crippen molar-refractivity contribution in [2.45, 2.75) is 33.2 Å². The van der Waals surface area contributed by atoms with Crippen molar-refractivity contribution in [2.24, 2.45) is 0 Å². The van der Waals surface area contributed by atoms with Gasteiger partial charge in [-0.15, -0.1) is 22.9 Å². The van der Waals surface area contributed by atoms with Crippen molar-refractivity contribution in [3.05, 3.63) is 11.1 Å². The monoisotopic (exact) mass is 232 g/mol. The van der Waals surface area contributed by atoms with Crippen LogP contribution < -0.4 is 4.90 Å². The molecule has 0 radical (unpaired) electrons. The number of aryl methyl sites for hydroxylation is 1. The van der Waals surface area contributed by atoms with Gasteiger partial charge in [-0.1, -0.05) is 0 Å². The molecule has 0 aromatic carbocycles. The van der Waals surface area contributed by atoms with Gasteiger partial charge in [-0.2, -0.15) is 0 Å². The number of halogens is 1. The Balaban J connectivity index is 2.67. The molecular weight excluding hydrogens is 216 g/mol. The normalized spacial score (nSPS) is 10.9. The van der Waals surface area contributed by atoms with E-state index in [0.29, 0.717) is 11.9 Å². The highest BCUT2D eigenvalue weighted by molar-refractivity contribution is 7.13. The number of hydrogen-bond acceptors (Lipinski definition) is 3. The van der Waals surface area contributed by atoms with Crippen molar-refractivity contribution in [1.29, 1.82) is 0 Å². The van der Waals surface area contributed by atoms with Gasteiger partial charge in [-0.25, -0.2) is 4.98 Å². The first-order valence-corrected chi connectivity index (χ1v) is 6.31. The lowest BCUT2D eigenvalue weighted by Crippen LogP contribution is -2.31. The summed E-state index contributed by atoms with van der Waals surface area (Å²) in [5, 5.41) is 3.20. The van der Waals surface area contributed by atoms with Crippen LogP contribution >= 0.6 is 22.9 Å². The molecule has 0 aliphatic heterocycles. The number of thiazole rings is 1. The van der Waals surface area contributed by atoms with Gasteiger partial charge in [0.25, 0.3) is 0 Å². The maximum Gasteiger partial charge on any atom is 0.185 e. The highest BCUT2D eigenvalue weighted by Gasteiger charge is 2.12. The molecule has 80 valence electrons. The van der Waals surface area contributed by atoms with Gasteiger partial charge in [0.1, 0.15) is 0 Å². The van der Waals surface area contributed by atoms with E-state index < -0.39 is 0 Å². The van der Waals surface area contributed by atoms with E-state index in [1.807, 2.05) is 6.92 Å². The maximum atomic E-state index is 5.70. The molecule has 0 N–H and O–H groups in total. The van der Waals surface area contributed by atoms with Crippen LogP contribution in [0.4, 0.5) is 5.13 Å². The minimum Gasteiger partial charge on any atom is -0.346 e. The smallest absolute Gasteiger partial charge is 0.185 e. The van der Waals surface area contributed by atoms with Crippen LogP contribution in [0, 0.1) is 6.92 Å². The van der Waals surface area contributed by atoms with Crippen LogP contribution in [0.15, 0.2) is 5.38 Å². The van der Waals surface area contributed by atoms with Crippen LogP contribution in [0.1, 0.15) is 26.0 Å². The Bertz CT molecular complexity index is 273. The summed E-state index contributed by atoms with van der Waals surface area (Å²) < 4.78 is 0. The van der Waals surface area contributed by atoms with E-state index in [-0.39, 0.29) is 0 Å². The highest BCUT2D eigenvalue weighted by atomic mass is 35.5. The lowest BCUT2D eigenvalue weighted by Gasteiger charge is -2.25. The Hall–Kier alpha value is -0.280. The van der Waals surface area contributed by atoms with Crippen molar-refractivity contribution >= 4 is 28.1 Å². The predicted molar refractivity (Wildman–Crippen MR) is 64.7 cm³/mol. The van der Waals surface area contributed by atoms with Crippen molar-refractivity contribution in [3.8, 4) is 0 Å². The summed E-state index contributed by atoms with van der Waals surface area (Å²) in [6.45, 7) is 7.39. The summed E-state index contributed by atoms with van der Waals surface area (Å²) in [7, 11) is 0. The minimum absolute atomic E-state index is 0.490. The average Bonchev–Trinajstić information content (AvgIpc) is 2.52. The first-order chi connectivity index (χ1) is 6.65. The standard InChI is InChI=1S/C10H17ClN2S/c1-8(2)13(6-4-5-11)10-12-9(3)7-14-10/h7-8H,4-6H2,1-3H3. The zero-order valence-electron chi connectivity index (χ0n) is 8.96. The van der Waals surface area contributed by atoms with Crippen molar-refractivity contribution in [2.75, 3.05) is 17.3 Å². The summed E-state index contributed by atoms with van der Waals surface area (Å²) >= 11 is 7.41. The Labute approximate surface area is 94.9 Å². The number of nitrogens with zero attached hydrogens (tertiary/aromatic N) is 2. The van der Waals surface area contributed by atoms with Gasteiger partial charge >= 0.3 is 0 Å². The molecule has 4 heteroatoms. The van der Waals surface area contributed by atoms with Crippen LogP contribution in [0.3, 0.4) is 0 Å². The van der Waals surface area contributed by atoms with Gasteiger partial charge in [-0.3, -0.25) is 0 Å². The SMILES string of the molecule is Cc1csc(N(CCCCl)C(C)C)n1. The second-order valence-electron chi connectivity index (χ2n) is 3.60. The largest absolute Gasteiger partial charge is 0.346 e. The first-order valence-electron chi connectivity index (χ1n) is 4.90. The fraction of sp³-hybridized carbons (Fsp3) is 0.700. The number of rotatable bonds is 5. The molecule has 0 atom stereocenters. The number of hydrogen-bond donors (Lipinski definition) is 0. The molecule has 1 aromatic rings. The minimum atomic E-state index is 0.490. The van der Waals surface area contributed by atoms with Crippen LogP contribution in [0.5, 0.6) is 0 Å². The molecule has 0 aliphatic carbocycles. The van der Waals surface area contributed by atoms with E-state index in [4.69, 9.17) is 11.6 Å².